The minimum atomic E-state index is -1.27. The van der Waals surface area contributed by atoms with E-state index >= 15 is 0 Å². The molecular weight excluding hydrogens is 496 g/mol. The SMILES string of the molecule is CC(CCC(O)C(O)C(O)CO)C1CC[C@@]2(C)C1CC[C@]1(C)[C@@H]2CC[C@@H]2[C@@]3(C)CCC(C)C(C)(C)[C@@H]3CC[C@]21C. The standard InChI is InChI=1S/C36H64O4/c1-22(9-10-26(38)31(40)27(39)21-37)24-14-18-33(5)25(24)15-19-35(7)29(33)11-12-30-34(6)17-13-23(2)32(3,4)28(34)16-20-36(30,35)8/h22-31,37-40H,9-21H2,1-8H3/t22?,23?,24?,25?,26?,27?,28-,29+,30+,31?,33-,34-,35+,36+/m0/s1. The fourth-order valence-electron chi connectivity index (χ4n) is 13.3. The Morgan fingerprint density at radius 3 is 1.85 bits per heavy atom. The Morgan fingerprint density at radius 1 is 0.650 bits per heavy atom. The van der Waals surface area contributed by atoms with Crippen LogP contribution in [0.3, 0.4) is 0 Å². The van der Waals surface area contributed by atoms with Crippen LogP contribution in [0.2, 0.25) is 0 Å². The first-order chi connectivity index (χ1) is 18.6. The molecule has 5 saturated carbocycles. The predicted octanol–water partition coefficient (Wildman–Crippen LogP) is 7.22. The molecule has 5 rings (SSSR count). The molecule has 0 spiro atoms. The van der Waals surface area contributed by atoms with Crippen molar-refractivity contribution in [3.8, 4) is 0 Å². The van der Waals surface area contributed by atoms with Crippen LogP contribution in [0.15, 0.2) is 0 Å². The molecular formula is C36H64O4. The van der Waals surface area contributed by atoms with E-state index in [0.29, 0.717) is 45.3 Å². The fraction of sp³-hybridized carbons (Fsp3) is 1.00. The molecule has 4 nitrogen and oxygen atoms in total. The fourth-order valence-corrected chi connectivity index (χ4v) is 13.3. The first kappa shape index (κ1) is 31.3. The number of aliphatic hydroxyl groups excluding tert-OH is 4. The van der Waals surface area contributed by atoms with Crippen LogP contribution in [0.4, 0.5) is 0 Å². The highest BCUT2D eigenvalue weighted by Gasteiger charge is 2.70. The van der Waals surface area contributed by atoms with Gasteiger partial charge in [0.2, 0.25) is 0 Å². The second-order valence-electron chi connectivity index (χ2n) is 17.6. The van der Waals surface area contributed by atoms with Crippen LogP contribution in [-0.2, 0) is 0 Å². The van der Waals surface area contributed by atoms with Crippen molar-refractivity contribution >= 4 is 0 Å². The normalized spacial score (nSPS) is 51.0. The molecule has 0 aliphatic heterocycles. The van der Waals surface area contributed by atoms with E-state index in [2.05, 4.69) is 55.4 Å². The highest BCUT2D eigenvalue weighted by molar-refractivity contribution is 5.19. The summed E-state index contributed by atoms with van der Waals surface area (Å²) in [6.07, 6.45) is 11.7. The van der Waals surface area contributed by atoms with Gasteiger partial charge in [-0.2, -0.15) is 0 Å². The van der Waals surface area contributed by atoms with E-state index in [9.17, 15) is 15.3 Å². The molecule has 40 heavy (non-hydrogen) atoms. The molecule has 0 aromatic carbocycles. The number of hydrogen-bond acceptors (Lipinski definition) is 4. The molecule has 4 heteroatoms. The van der Waals surface area contributed by atoms with Gasteiger partial charge in [-0.25, -0.2) is 0 Å². The molecule has 5 aliphatic carbocycles. The Hall–Kier alpha value is -0.160. The van der Waals surface area contributed by atoms with E-state index in [0.717, 1.165) is 36.0 Å². The molecule has 4 N–H and O–H groups in total. The van der Waals surface area contributed by atoms with E-state index in [1.165, 1.54) is 64.2 Å². The maximum Gasteiger partial charge on any atom is 0.108 e. The van der Waals surface area contributed by atoms with E-state index in [-0.39, 0.29) is 0 Å². The smallest absolute Gasteiger partial charge is 0.108 e. The van der Waals surface area contributed by atoms with Gasteiger partial charge in [-0.05, 0) is 146 Å². The summed E-state index contributed by atoms with van der Waals surface area (Å²) in [6, 6.07) is 0. The molecule has 0 bridgehead atoms. The van der Waals surface area contributed by atoms with Crippen molar-refractivity contribution in [3.63, 3.8) is 0 Å². The summed E-state index contributed by atoms with van der Waals surface area (Å²) in [7, 11) is 0. The summed E-state index contributed by atoms with van der Waals surface area (Å²) in [5.74, 6) is 5.28. The number of aliphatic hydroxyl groups is 4. The minimum absolute atomic E-state index is 0.406. The van der Waals surface area contributed by atoms with Crippen LogP contribution in [0.25, 0.3) is 0 Å². The first-order valence-electron chi connectivity index (χ1n) is 17.2. The Morgan fingerprint density at radius 2 is 1.23 bits per heavy atom. The summed E-state index contributed by atoms with van der Waals surface area (Å²) >= 11 is 0. The number of rotatable bonds is 7. The maximum absolute atomic E-state index is 10.4. The summed E-state index contributed by atoms with van der Waals surface area (Å²) in [5.41, 5.74) is 2.19. The summed E-state index contributed by atoms with van der Waals surface area (Å²) < 4.78 is 0. The van der Waals surface area contributed by atoms with Gasteiger partial charge in [-0.3, -0.25) is 0 Å². The van der Waals surface area contributed by atoms with Crippen LogP contribution in [0.1, 0.15) is 132 Å². The van der Waals surface area contributed by atoms with Gasteiger partial charge in [0.05, 0.1) is 12.7 Å². The zero-order chi connectivity index (χ0) is 29.5. The van der Waals surface area contributed by atoms with Crippen molar-refractivity contribution in [1.82, 2.24) is 0 Å². The Kier molecular flexibility index (Phi) is 8.19. The first-order valence-corrected chi connectivity index (χ1v) is 17.2. The highest BCUT2D eigenvalue weighted by atomic mass is 16.4. The van der Waals surface area contributed by atoms with E-state index < -0.39 is 24.9 Å². The highest BCUT2D eigenvalue weighted by Crippen LogP contribution is 2.78. The predicted molar refractivity (Wildman–Crippen MR) is 162 cm³/mol. The monoisotopic (exact) mass is 560 g/mol. The van der Waals surface area contributed by atoms with Crippen LogP contribution in [-0.4, -0.2) is 45.3 Å². The van der Waals surface area contributed by atoms with Gasteiger partial charge in [0.15, 0.2) is 0 Å². The van der Waals surface area contributed by atoms with E-state index in [1.807, 2.05) is 0 Å². The van der Waals surface area contributed by atoms with Crippen molar-refractivity contribution in [1.29, 1.82) is 0 Å². The van der Waals surface area contributed by atoms with Gasteiger partial charge >= 0.3 is 0 Å². The largest absolute Gasteiger partial charge is 0.394 e. The van der Waals surface area contributed by atoms with Gasteiger partial charge in [0.1, 0.15) is 12.2 Å². The Bertz CT molecular complexity index is 918. The van der Waals surface area contributed by atoms with Gasteiger partial charge in [0.25, 0.3) is 0 Å². The quantitative estimate of drug-likeness (QED) is 0.265. The second-order valence-corrected chi connectivity index (χ2v) is 17.6. The number of fused-ring (bicyclic) bond motifs is 7. The molecule has 0 aromatic rings. The van der Waals surface area contributed by atoms with E-state index in [4.69, 9.17) is 5.11 Å². The Balaban J connectivity index is 1.33. The van der Waals surface area contributed by atoms with Crippen LogP contribution in [0, 0.1) is 68.5 Å². The third-order valence-electron chi connectivity index (χ3n) is 16.2. The molecule has 0 saturated heterocycles. The molecule has 7 unspecified atom stereocenters. The lowest BCUT2D eigenvalue weighted by molar-refractivity contribution is -0.246. The van der Waals surface area contributed by atoms with Crippen molar-refractivity contribution in [2.24, 2.45) is 68.5 Å². The van der Waals surface area contributed by atoms with Gasteiger partial charge in [-0.15, -0.1) is 0 Å². The lowest BCUT2D eigenvalue weighted by atomic mass is 9.31. The molecule has 0 radical (unpaired) electrons. The number of hydrogen-bond donors (Lipinski definition) is 4. The lowest BCUT2D eigenvalue weighted by Crippen LogP contribution is -2.66. The van der Waals surface area contributed by atoms with Gasteiger partial charge in [0, 0.05) is 0 Å². The molecule has 0 amide bonds. The van der Waals surface area contributed by atoms with Crippen LogP contribution in [0.5, 0.6) is 0 Å². The molecule has 0 heterocycles. The van der Waals surface area contributed by atoms with Crippen molar-refractivity contribution in [2.75, 3.05) is 6.61 Å². The lowest BCUT2D eigenvalue weighted by Gasteiger charge is -2.73. The third-order valence-corrected chi connectivity index (χ3v) is 16.2. The maximum atomic E-state index is 10.4. The van der Waals surface area contributed by atoms with Gasteiger partial charge < -0.3 is 20.4 Å². The van der Waals surface area contributed by atoms with Gasteiger partial charge in [-0.1, -0.05) is 55.4 Å². The van der Waals surface area contributed by atoms with Crippen molar-refractivity contribution < 1.29 is 20.4 Å². The molecule has 5 fully saturated rings. The molecule has 5 aliphatic rings. The Labute approximate surface area is 246 Å². The zero-order valence-electron chi connectivity index (χ0n) is 27.3. The summed E-state index contributed by atoms with van der Waals surface area (Å²) in [6.45, 7) is 20.4. The summed E-state index contributed by atoms with van der Waals surface area (Å²) in [5, 5.41) is 39.5. The zero-order valence-corrected chi connectivity index (χ0v) is 27.3. The third kappa shape index (κ3) is 4.34. The van der Waals surface area contributed by atoms with Crippen molar-refractivity contribution in [3.05, 3.63) is 0 Å². The van der Waals surface area contributed by atoms with E-state index in [1.54, 1.807) is 0 Å². The molecule has 232 valence electrons. The second kappa shape index (κ2) is 10.5. The average Bonchev–Trinajstić information content (AvgIpc) is 3.26. The minimum Gasteiger partial charge on any atom is -0.394 e. The molecule has 0 aromatic heterocycles. The average molecular weight is 561 g/mol. The van der Waals surface area contributed by atoms with Crippen LogP contribution < -0.4 is 0 Å². The molecule has 14 atom stereocenters. The van der Waals surface area contributed by atoms with Crippen molar-refractivity contribution in [2.45, 2.75) is 151 Å². The topological polar surface area (TPSA) is 80.9 Å². The van der Waals surface area contributed by atoms with Crippen LogP contribution >= 0.6 is 0 Å². The summed E-state index contributed by atoms with van der Waals surface area (Å²) in [4.78, 5) is 0.